The van der Waals surface area contributed by atoms with E-state index in [1.165, 1.54) is 12.1 Å². The molecule has 3 aromatic rings. The van der Waals surface area contributed by atoms with Crippen LogP contribution < -0.4 is 4.74 Å². The van der Waals surface area contributed by atoms with Gasteiger partial charge >= 0.3 is 5.97 Å². The van der Waals surface area contributed by atoms with Gasteiger partial charge in [-0.3, -0.25) is 4.79 Å². The number of fused-ring (bicyclic) bond motifs is 3. The normalized spacial score (nSPS) is 20.2. The molecule has 6 heteroatoms. The van der Waals surface area contributed by atoms with Crippen molar-refractivity contribution in [3.63, 3.8) is 0 Å². The summed E-state index contributed by atoms with van der Waals surface area (Å²) in [5, 5.41) is 0. The molecule has 170 valence electrons. The second-order valence-electron chi connectivity index (χ2n) is 8.92. The first-order chi connectivity index (χ1) is 15.9. The predicted molar refractivity (Wildman–Crippen MR) is 120 cm³/mol. The maximum atomic E-state index is 14.6. The van der Waals surface area contributed by atoms with Crippen LogP contribution in [-0.4, -0.2) is 17.6 Å². The number of halogens is 2. The molecule has 5 rings (SSSR count). The Morgan fingerprint density at radius 2 is 1.91 bits per heavy atom. The maximum absolute atomic E-state index is 14.6. The molecule has 33 heavy (non-hydrogen) atoms. The lowest BCUT2D eigenvalue weighted by Crippen LogP contribution is -2.11. The molecule has 0 radical (unpaired) electrons. The van der Waals surface area contributed by atoms with Crippen LogP contribution in [0.1, 0.15) is 40.7 Å². The van der Waals surface area contributed by atoms with Crippen molar-refractivity contribution >= 4 is 5.97 Å². The molecule has 1 aromatic heterocycles. The zero-order valence-electron chi connectivity index (χ0n) is 18.8. The molecule has 0 amide bonds. The van der Waals surface area contributed by atoms with E-state index in [1.54, 1.807) is 25.3 Å². The fourth-order valence-corrected chi connectivity index (χ4v) is 5.02. The Kier molecular flexibility index (Phi) is 5.39. The van der Waals surface area contributed by atoms with Crippen LogP contribution in [0.5, 0.6) is 5.88 Å². The lowest BCUT2D eigenvalue weighted by atomic mass is 9.96. The van der Waals surface area contributed by atoms with E-state index < -0.39 is 5.82 Å². The van der Waals surface area contributed by atoms with Gasteiger partial charge in [0.25, 0.3) is 0 Å². The number of carbonyl (C=O) groups excluding carboxylic acids is 1. The molecule has 2 aliphatic carbocycles. The second kappa shape index (κ2) is 8.25. The van der Waals surface area contributed by atoms with E-state index >= 15 is 0 Å². The number of rotatable bonds is 6. The Bertz CT molecular complexity index is 1260. The summed E-state index contributed by atoms with van der Waals surface area (Å²) in [6.07, 6.45) is 2.55. The summed E-state index contributed by atoms with van der Waals surface area (Å²) in [5.41, 5.74) is 5.08. The molecule has 0 saturated heterocycles. The van der Waals surface area contributed by atoms with Gasteiger partial charge in [-0.2, -0.15) is 0 Å². The first-order valence-corrected chi connectivity index (χ1v) is 11.2. The number of hydrogen-bond donors (Lipinski definition) is 0. The zero-order valence-corrected chi connectivity index (χ0v) is 18.8. The summed E-state index contributed by atoms with van der Waals surface area (Å²) in [6.45, 7) is 5.77. The van der Waals surface area contributed by atoms with Crippen LogP contribution in [0.25, 0.3) is 11.1 Å². The van der Waals surface area contributed by atoms with Gasteiger partial charge in [0.15, 0.2) is 0 Å². The molecule has 1 heterocycles. The molecule has 0 aliphatic heterocycles. The molecule has 2 aromatic carbocycles. The fraction of sp³-hybridized carbons (Fsp3) is 0.333. The SMILES string of the molecule is CCOC(=O)[C@H]1[C@@H]2Cc3cc(OCc4cc(-c5ccc(C)cc5F)c(C)cc4F)ncc3[C@@H]21. The van der Waals surface area contributed by atoms with Crippen molar-refractivity contribution in [2.24, 2.45) is 11.8 Å². The number of aryl methyl sites for hydroxylation is 2. The number of aromatic nitrogens is 1. The average Bonchev–Trinajstić information content (AvgIpc) is 3.36. The van der Waals surface area contributed by atoms with Crippen LogP contribution in [0.15, 0.2) is 42.6 Å². The number of hydrogen-bond acceptors (Lipinski definition) is 4. The number of esters is 1. The average molecular weight is 449 g/mol. The van der Waals surface area contributed by atoms with Crippen molar-refractivity contribution in [2.45, 2.75) is 39.7 Å². The van der Waals surface area contributed by atoms with Gasteiger partial charge in [0.05, 0.1) is 12.5 Å². The van der Waals surface area contributed by atoms with E-state index in [-0.39, 0.29) is 36.1 Å². The van der Waals surface area contributed by atoms with E-state index in [1.807, 2.05) is 26.0 Å². The van der Waals surface area contributed by atoms with Gasteiger partial charge in [-0.1, -0.05) is 12.1 Å². The molecule has 0 unspecified atom stereocenters. The molecule has 3 atom stereocenters. The molecule has 0 bridgehead atoms. The smallest absolute Gasteiger partial charge is 0.309 e. The molecule has 4 nitrogen and oxygen atoms in total. The summed E-state index contributed by atoms with van der Waals surface area (Å²) in [6, 6.07) is 9.95. The molecular formula is C27H25F2NO3. The molecular weight excluding hydrogens is 424 g/mol. The Morgan fingerprint density at radius 1 is 1.09 bits per heavy atom. The lowest BCUT2D eigenvalue weighted by Gasteiger charge is -2.13. The van der Waals surface area contributed by atoms with Crippen molar-refractivity contribution < 1.29 is 23.0 Å². The Morgan fingerprint density at radius 3 is 2.67 bits per heavy atom. The van der Waals surface area contributed by atoms with Gasteiger partial charge in [0, 0.05) is 29.3 Å². The number of carbonyl (C=O) groups is 1. The topological polar surface area (TPSA) is 48.4 Å². The van der Waals surface area contributed by atoms with Gasteiger partial charge in [-0.25, -0.2) is 13.8 Å². The van der Waals surface area contributed by atoms with Gasteiger partial charge < -0.3 is 9.47 Å². The van der Waals surface area contributed by atoms with Crippen molar-refractivity contribution in [1.29, 1.82) is 0 Å². The Hall–Kier alpha value is -3.28. The van der Waals surface area contributed by atoms with E-state index in [2.05, 4.69) is 4.98 Å². The Balaban J connectivity index is 1.32. The fourth-order valence-electron chi connectivity index (χ4n) is 5.02. The van der Waals surface area contributed by atoms with Crippen molar-refractivity contribution in [2.75, 3.05) is 6.61 Å². The van der Waals surface area contributed by atoms with Crippen molar-refractivity contribution in [3.8, 4) is 17.0 Å². The van der Waals surface area contributed by atoms with E-state index in [0.717, 1.165) is 23.1 Å². The molecule has 2 aliphatic rings. The molecule has 1 fully saturated rings. The first-order valence-electron chi connectivity index (χ1n) is 11.2. The minimum absolute atomic E-state index is 0.0172. The second-order valence-corrected chi connectivity index (χ2v) is 8.92. The number of benzene rings is 2. The largest absolute Gasteiger partial charge is 0.473 e. The Labute approximate surface area is 191 Å². The highest BCUT2D eigenvalue weighted by Gasteiger charge is 2.60. The highest BCUT2D eigenvalue weighted by molar-refractivity contribution is 5.79. The maximum Gasteiger partial charge on any atom is 0.309 e. The van der Waals surface area contributed by atoms with Crippen LogP contribution in [0.2, 0.25) is 0 Å². The minimum Gasteiger partial charge on any atom is -0.473 e. The van der Waals surface area contributed by atoms with Crippen molar-refractivity contribution in [3.05, 3.63) is 82.0 Å². The summed E-state index contributed by atoms with van der Waals surface area (Å²) in [4.78, 5) is 16.4. The van der Waals surface area contributed by atoms with Crippen molar-refractivity contribution in [1.82, 2.24) is 4.98 Å². The number of nitrogens with zero attached hydrogens (tertiary/aromatic N) is 1. The lowest BCUT2D eigenvalue weighted by molar-refractivity contribution is -0.145. The zero-order chi connectivity index (χ0) is 23.3. The highest BCUT2D eigenvalue weighted by Crippen LogP contribution is 2.61. The van der Waals surface area contributed by atoms with Crippen LogP contribution in [0.3, 0.4) is 0 Å². The van der Waals surface area contributed by atoms with Crippen LogP contribution in [0.4, 0.5) is 8.78 Å². The summed E-state index contributed by atoms with van der Waals surface area (Å²) >= 11 is 0. The van der Waals surface area contributed by atoms with Gasteiger partial charge in [-0.15, -0.1) is 0 Å². The quantitative estimate of drug-likeness (QED) is 0.455. The predicted octanol–water partition coefficient (Wildman–Crippen LogP) is 5.67. The summed E-state index contributed by atoms with van der Waals surface area (Å²) in [5.74, 6) is -0.0621. The third-order valence-electron chi connectivity index (χ3n) is 6.73. The molecule has 0 spiro atoms. The van der Waals surface area contributed by atoms with Crippen LogP contribution >= 0.6 is 0 Å². The monoisotopic (exact) mass is 449 g/mol. The standard InChI is InChI=1S/C27H25F2NO3/c1-4-32-27(31)26-20-9-16-11-24(30-12-21(16)25(20)26)33-13-17-10-19(15(3)8-22(17)28)18-6-5-14(2)7-23(18)29/h5-8,10-12,20,25-26H,4,9,13H2,1-3H3/t20-,25-,26+/m1/s1. The summed E-state index contributed by atoms with van der Waals surface area (Å²) in [7, 11) is 0. The molecule has 0 N–H and O–H groups in total. The number of ether oxygens (including phenoxy) is 2. The first kappa shape index (κ1) is 21.6. The minimum atomic E-state index is -0.400. The molecule has 1 saturated carbocycles. The number of pyridine rings is 1. The third kappa shape index (κ3) is 3.88. The summed E-state index contributed by atoms with van der Waals surface area (Å²) < 4.78 is 40.1. The third-order valence-corrected chi connectivity index (χ3v) is 6.73. The van der Waals surface area contributed by atoms with E-state index in [4.69, 9.17) is 9.47 Å². The highest BCUT2D eigenvalue weighted by atomic mass is 19.1. The van der Waals surface area contributed by atoms with Crippen LogP contribution in [0, 0.1) is 37.3 Å². The van der Waals surface area contributed by atoms with Gasteiger partial charge in [0.2, 0.25) is 5.88 Å². The van der Waals surface area contributed by atoms with E-state index in [9.17, 15) is 13.6 Å². The van der Waals surface area contributed by atoms with Crippen LogP contribution in [-0.2, 0) is 22.6 Å². The van der Waals surface area contributed by atoms with Gasteiger partial charge in [0.1, 0.15) is 18.2 Å². The van der Waals surface area contributed by atoms with E-state index in [0.29, 0.717) is 34.7 Å². The van der Waals surface area contributed by atoms with Gasteiger partial charge in [-0.05, 0) is 79.1 Å².